The van der Waals surface area contributed by atoms with Crippen LogP contribution in [0, 0.1) is 0 Å². The number of carbonyl (C=O) groups is 1. The number of rotatable bonds is 4. The topological polar surface area (TPSA) is 49.3 Å². The van der Waals surface area contributed by atoms with E-state index in [4.69, 9.17) is 5.11 Å². The Morgan fingerprint density at radius 2 is 2.25 bits per heavy atom. The number of aliphatic hydroxyl groups is 1. The molecule has 1 aliphatic rings. The van der Waals surface area contributed by atoms with Crippen LogP contribution in [0.5, 0.6) is 0 Å². The minimum atomic E-state index is 0.00727. The largest absolute Gasteiger partial charge is 0.396 e. The summed E-state index contributed by atoms with van der Waals surface area (Å²) in [6.45, 7) is 0.680. The third-order valence-electron chi connectivity index (χ3n) is 2.84. The van der Waals surface area contributed by atoms with Gasteiger partial charge < -0.3 is 10.4 Å². The Balaban J connectivity index is 1.98. The van der Waals surface area contributed by atoms with Gasteiger partial charge >= 0.3 is 0 Å². The van der Waals surface area contributed by atoms with Crippen molar-refractivity contribution in [3.05, 3.63) is 21.4 Å². The lowest BCUT2D eigenvalue weighted by atomic mass is 9.99. The Hall–Kier alpha value is -0.870. The fraction of sp³-hybridized carbons (Fsp3) is 0.583. The van der Waals surface area contributed by atoms with Gasteiger partial charge in [0, 0.05) is 18.0 Å². The zero-order valence-corrected chi connectivity index (χ0v) is 10.1. The molecule has 0 saturated carbocycles. The van der Waals surface area contributed by atoms with E-state index >= 15 is 0 Å². The quantitative estimate of drug-likeness (QED) is 0.786. The third kappa shape index (κ3) is 2.62. The van der Waals surface area contributed by atoms with Crippen LogP contribution in [0.1, 0.15) is 39.4 Å². The maximum atomic E-state index is 11.8. The first kappa shape index (κ1) is 11.6. The van der Waals surface area contributed by atoms with Crippen LogP contribution in [0.2, 0.25) is 0 Å². The summed E-state index contributed by atoms with van der Waals surface area (Å²) in [7, 11) is 0. The summed E-state index contributed by atoms with van der Waals surface area (Å²) in [5, 5.41) is 11.5. The van der Waals surface area contributed by atoms with Crippen LogP contribution in [-0.4, -0.2) is 24.2 Å². The number of nitrogens with one attached hydrogen (secondary N) is 1. The molecule has 1 aromatic heterocycles. The maximum Gasteiger partial charge on any atom is 0.261 e. The summed E-state index contributed by atoms with van der Waals surface area (Å²) in [5.41, 5.74) is 1.36. The van der Waals surface area contributed by atoms with Crippen molar-refractivity contribution in [2.24, 2.45) is 0 Å². The van der Waals surface area contributed by atoms with Gasteiger partial charge in [-0.25, -0.2) is 0 Å². The van der Waals surface area contributed by atoms with Crippen LogP contribution < -0.4 is 5.32 Å². The average molecular weight is 239 g/mol. The van der Waals surface area contributed by atoms with Crippen molar-refractivity contribution in [3.63, 3.8) is 0 Å². The minimum Gasteiger partial charge on any atom is -0.396 e. The molecule has 0 fully saturated rings. The summed E-state index contributed by atoms with van der Waals surface area (Å²) in [6.07, 6.45) is 5.37. The van der Waals surface area contributed by atoms with Gasteiger partial charge in [0.25, 0.3) is 5.91 Å². The number of amides is 1. The smallest absolute Gasteiger partial charge is 0.261 e. The molecular weight excluding hydrogens is 222 g/mol. The molecule has 2 rings (SSSR count). The Labute approximate surface area is 99.5 Å². The molecular formula is C12H17NO2S. The second-order valence-electron chi connectivity index (χ2n) is 4.10. The van der Waals surface area contributed by atoms with Crippen LogP contribution in [0.15, 0.2) is 6.07 Å². The molecule has 0 saturated heterocycles. The van der Waals surface area contributed by atoms with Gasteiger partial charge in [0.05, 0.1) is 4.88 Å². The molecule has 0 aromatic carbocycles. The van der Waals surface area contributed by atoms with Crippen molar-refractivity contribution in [1.29, 1.82) is 0 Å². The average Bonchev–Trinajstić information content (AvgIpc) is 2.73. The van der Waals surface area contributed by atoms with Gasteiger partial charge in [0.15, 0.2) is 0 Å². The zero-order chi connectivity index (χ0) is 11.4. The second kappa shape index (κ2) is 5.46. The molecule has 4 heteroatoms. The Bertz CT molecular complexity index is 350. The number of hydrogen-bond acceptors (Lipinski definition) is 3. The van der Waals surface area contributed by atoms with Crippen molar-refractivity contribution in [1.82, 2.24) is 5.32 Å². The standard InChI is InChI=1S/C12H17NO2S/c14-7-3-6-13-12(15)11-8-9-4-1-2-5-10(9)16-11/h8,14H,1-7H2,(H,13,15). The second-order valence-corrected chi connectivity index (χ2v) is 5.24. The van der Waals surface area contributed by atoms with Gasteiger partial charge in [-0.3, -0.25) is 4.79 Å². The summed E-state index contributed by atoms with van der Waals surface area (Å²) in [4.78, 5) is 14.0. The highest BCUT2D eigenvalue weighted by Gasteiger charge is 2.16. The van der Waals surface area contributed by atoms with Crippen molar-refractivity contribution >= 4 is 17.2 Å². The van der Waals surface area contributed by atoms with E-state index in [0.717, 1.165) is 17.7 Å². The van der Waals surface area contributed by atoms with E-state index in [1.807, 2.05) is 6.07 Å². The fourth-order valence-corrected chi connectivity index (χ4v) is 3.14. The SMILES string of the molecule is O=C(NCCCO)c1cc2c(s1)CCCC2. The molecule has 16 heavy (non-hydrogen) atoms. The van der Waals surface area contributed by atoms with Crippen molar-refractivity contribution in [2.75, 3.05) is 13.2 Å². The predicted molar refractivity (Wildman–Crippen MR) is 65.0 cm³/mol. The number of fused-ring (bicyclic) bond motifs is 1. The summed E-state index contributed by atoms with van der Waals surface area (Å²) >= 11 is 1.63. The number of aliphatic hydroxyl groups excluding tert-OH is 1. The number of carbonyl (C=O) groups excluding carboxylic acids is 1. The molecule has 1 aromatic rings. The lowest BCUT2D eigenvalue weighted by Gasteiger charge is -2.08. The highest BCUT2D eigenvalue weighted by molar-refractivity contribution is 7.14. The van der Waals surface area contributed by atoms with E-state index in [-0.39, 0.29) is 12.5 Å². The highest BCUT2D eigenvalue weighted by Crippen LogP contribution is 2.29. The Morgan fingerprint density at radius 3 is 3.00 bits per heavy atom. The van der Waals surface area contributed by atoms with Crippen LogP contribution >= 0.6 is 11.3 Å². The van der Waals surface area contributed by atoms with Crippen molar-refractivity contribution in [3.8, 4) is 0 Å². The van der Waals surface area contributed by atoms with Crippen LogP contribution in [0.25, 0.3) is 0 Å². The molecule has 0 bridgehead atoms. The molecule has 1 aliphatic carbocycles. The monoisotopic (exact) mass is 239 g/mol. The molecule has 0 unspecified atom stereocenters. The first-order valence-corrected chi connectivity index (χ1v) is 6.63. The van der Waals surface area contributed by atoms with Gasteiger partial charge in [-0.2, -0.15) is 0 Å². The number of thiophene rings is 1. The van der Waals surface area contributed by atoms with E-state index in [0.29, 0.717) is 13.0 Å². The van der Waals surface area contributed by atoms with Crippen LogP contribution in [0.3, 0.4) is 0 Å². The summed E-state index contributed by atoms with van der Waals surface area (Å²) in [6, 6.07) is 2.04. The van der Waals surface area contributed by atoms with Gasteiger partial charge in [0.2, 0.25) is 0 Å². The van der Waals surface area contributed by atoms with E-state index < -0.39 is 0 Å². The molecule has 1 heterocycles. The Kier molecular flexibility index (Phi) is 3.96. The maximum absolute atomic E-state index is 11.8. The molecule has 0 radical (unpaired) electrons. The van der Waals surface area contributed by atoms with E-state index in [2.05, 4.69) is 5.32 Å². The van der Waals surface area contributed by atoms with Gasteiger partial charge in [-0.1, -0.05) is 0 Å². The van der Waals surface area contributed by atoms with Gasteiger partial charge in [-0.05, 0) is 43.7 Å². The molecule has 0 aliphatic heterocycles. The lowest BCUT2D eigenvalue weighted by molar-refractivity contribution is 0.0955. The van der Waals surface area contributed by atoms with Crippen LogP contribution in [-0.2, 0) is 12.8 Å². The van der Waals surface area contributed by atoms with E-state index in [1.165, 1.54) is 23.3 Å². The van der Waals surface area contributed by atoms with E-state index in [9.17, 15) is 4.79 Å². The third-order valence-corrected chi connectivity index (χ3v) is 4.08. The molecule has 3 nitrogen and oxygen atoms in total. The highest BCUT2D eigenvalue weighted by atomic mass is 32.1. The zero-order valence-electron chi connectivity index (χ0n) is 9.29. The van der Waals surface area contributed by atoms with Crippen LogP contribution in [0.4, 0.5) is 0 Å². The molecule has 0 atom stereocenters. The molecule has 2 N–H and O–H groups in total. The van der Waals surface area contributed by atoms with Gasteiger partial charge in [-0.15, -0.1) is 11.3 Å². The van der Waals surface area contributed by atoms with E-state index in [1.54, 1.807) is 11.3 Å². The first-order chi connectivity index (χ1) is 7.81. The molecule has 0 spiro atoms. The molecule has 88 valence electrons. The van der Waals surface area contributed by atoms with Gasteiger partial charge in [0.1, 0.15) is 0 Å². The van der Waals surface area contributed by atoms with Crippen molar-refractivity contribution < 1.29 is 9.90 Å². The number of hydrogen-bond donors (Lipinski definition) is 2. The number of aryl methyl sites for hydroxylation is 2. The molecule has 1 amide bonds. The summed E-state index contributed by atoms with van der Waals surface area (Å²) in [5.74, 6) is 0.00727. The predicted octanol–water partition coefficient (Wildman–Crippen LogP) is 1.74. The Morgan fingerprint density at radius 1 is 1.44 bits per heavy atom. The first-order valence-electron chi connectivity index (χ1n) is 5.82. The minimum absolute atomic E-state index is 0.00727. The fourth-order valence-electron chi connectivity index (χ4n) is 1.97. The van der Waals surface area contributed by atoms with Crippen molar-refractivity contribution in [2.45, 2.75) is 32.1 Å². The lowest BCUT2D eigenvalue weighted by Crippen LogP contribution is -2.24. The summed E-state index contributed by atoms with van der Waals surface area (Å²) < 4.78 is 0. The normalized spacial score (nSPS) is 14.6.